The summed E-state index contributed by atoms with van der Waals surface area (Å²) in [5.74, 6) is -0.155. The lowest BCUT2D eigenvalue weighted by atomic mass is 10.1. The van der Waals surface area contributed by atoms with Gasteiger partial charge in [-0.1, -0.05) is 18.2 Å². The zero-order valence-corrected chi connectivity index (χ0v) is 19.6. The van der Waals surface area contributed by atoms with Crippen LogP contribution in [0, 0.1) is 12.7 Å². The van der Waals surface area contributed by atoms with Crippen molar-refractivity contribution in [3.05, 3.63) is 77.8 Å². The minimum absolute atomic E-state index is 0.135. The maximum atomic E-state index is 14.6. The molecule has 0 spiro atoms. The van der Waals surface area contributed by atoms with E-state index in [0.29, 0.717) is 33.7 Å². The molecule has 3 heterocycles. The highest BCUT2D eigenvalue weighted by molar-refractivity contribution is 7.89. The Morgan fingerprint density at radius 3 is 2.57 bits per heavy atom. The molecule has 1 N–H and O–H groups in total. The number of ether oxygens (including phenoxy) is 1. The van der Waals surface area contributed by atoms with Crippen LogP contribution in [0.1, 0.15) is 16.1 Å². The first-order chi connectivity index (χ1) is 16.8. The van der Waals surface area contributed by atoms with Crippen molar-refractivity contribution in [1.29, 1.82) is 0 Å². The van der Waals surface area contributed by atoms with Gasteiger partial charge in [-0.2, -0.15) is 4.31 Å². The van der Waals surface area contributed by atoms with Crippen LogP contribution in [0.4, 0.5) is 10.1 Å². The molecule has 0 aliphatic carbocycles. The van der Waals surface area contributed by atoms with Gasteiger partial charge >= 0.3 is 0 Å². The summed E-state index contributed by atoms with van der Waals surface area (Å²) in [4.78, 5) is 17.4. The number of halogens is 1. The van der Waals surface area contributed by atoms with E-state index in [1.54, 1.807) is 36.4 Å². The van der Waals surface area contributed by atoms with Gasteiger partial charge in [0.15, 0.2) is 5.76 Å². The number of carbonyl (C=O) groups excluding carboxylic acids is 1. The Labute approximate surface area is 201 Å². The second-order valence-corrected chi connectivity index (χ2v) is 10.0. The van der Waals surface area contributed by atoms with E-state index in [1.165, 1.54) is 10.4 Å². The van der Waals surface area contributed by atoms with Gasteiger partial charge in [-0.25, -0.2) is 17.8 Å². The van der Waals surface area contributed by atoms with Crippen molar-refractivity contribution in [1.82, 2.24) is 9.29 Å². The number of benzene rings is 2. The number of pyridine rings is 1. The number of amides is 1. The first-order valence-electron chi connectivity index (χ1n) is 11.0. The molecule has 180 valence electrons. The van der Waals surface area contributed by atoms with E-state index in [4.69, 9.17) is 9.15 Å². The average Bonchev–Trinajstić information content (AvgIpc) is 3.31. The largest absolute Gasteiger partial charge is 0.460 e. The summed E-state index contributed by atoms with van der Waals surface area (Å²) in [6, 6.07) is 15.9. The molecule has 1 fully saturated rings. The first-order valence-corrected chi connectivity index (χ1v) is 12.4. The third-order valence-electron chi connectivity index (χ3n) is 5.73. The van der Waals surface area contributed by atoms with Crippen molar-refractivity contribution in [2.45, 2.75) is 11.8 Å². The number of para-hydroxylation sites is 1. The molecule has 5 rings (SSSR count). The van der Waals surface area contributed by atoms with Crippen LogP contribution in [0.2, 0.25) is 0 Å². The lowest BCUT2D eigenvalue weighted by Crippen LogP contribution is -2.40. The van der Waals surface area contributed by atoms with Gasteiger partial charge < -0.3 is 14.5 Å². The number of fused-ring (bicyclic) bond motifs is 1. The maximum Gasteiger partial charge on any atom is 0.256 e. The number of morpholine rings is 1. The van der Waals surface area contributed by atoms with Crippen molar-refractivity contribution in [3.8, 4) is 11.5 Å². The zero-order valence-electron chi connectivity index (χ0n) is 18.8. The van der Waals surface area contributed by atoms with E-state index in [2.05, 4.69) is 10.3 Å². The van der Waals surface area contributed by atoms with E-state index < -0.39 is 26.6 Å². The number of hydrogen-bond donors (Lipinski definition) is 1. The molecule has 35 heavy (non-hydrogen) atoms. The van der Waals surface area contributed by atoms with Gasteiger partial charge in [0, 0.05) is 24.2 Å². The molecule has 0 saturated carbocycles. The highest BCUT2D eigenvalue weighted by Gasteiger charge is 2.29. The average molecular weight is 496 g/mol. The minimum Gasteiger partial charge on any atom is -0.460 e. The first kappa shape index (κ1) is 23.2. The van der Waals surface area contributed by atoms with E-state index in [-0.39, 0.29) is 32.0 Å². The molecule has 10 heteroatoms. The number of hydrogen-bond acceptors (Lipinski definition) is 6. The molecular formula is C25H22FN3O5S. The Balaban J connectivity index is 1.50. The summed E-state index contributed by atoms with van der Waals surface area (Å²) in [6.45, 7) is 2.57. The lowest BCUT2D eigenvalue weighted by molar-refractivity contribution is 0.0729. The van der Waals surface area contributed by atoms with Gasteiger partial charge in [0.1, 0.15) is 22.2 Å². The molecule has 0 bridgehead atoms. The standard InChI is InChI=1S/C25H22FN3O5S/c1-16-6-9-23(34-16)22-15-19(18-4-2-3-5-21(18)28-22)25(30)27-17-7-8-20(26)24(14-17)35(31,32)29-10-12-33-13-11-29/h2-9,14-15H,10-13H2,1H3,(H,27,30). The summed E-state index contributed by atoms with van der Waals surface area (Å²) < 4.78 is 52.6. The van der Waals surface area contributed by atoms with Crippen LogP contribution < -0.4 is 5.32 Å². The van der Waals surface area contributed by atoms with Crippen LogP contribution in [0.25, 0.3) is 22.4 Å². The second kappa shape index (κ2) is 9.21. The Hall–Kier alpha value is -3.60. The van der Waals surface area contributed by atoms with Crippen molar-refractivity contribution < 1.29 is 26.8 Å². The fraction of sp³-hybridized carbons (Fsp3) is 0.200. The third kappa shape index (κ3) is 4.55. The van der Waals surface area contributed by atoms with Crippen molar-refractivity contribution >= 4 is 32.5 Å². The molecule has 1 aliphatic rings. The fourth-order valence-corrected chi connectivity index (χ4v) is 5.46. The predicted molar refractivity (Wildman–Crippen MR) is 128 cm³/mol. The number of anilines is 1. The van der Waals surface area contributed by atoms with Crippen molar-refractivity contribution in [2.24, 2.45) is 0 Å². The number of nitrogens with zero attached hydrogens (tertiary/aromatic N) is 2. The normalized spacial score (nSPS) is 14.8. The van der Waals surface area contributed by atoms with Crippen LogP contribution in [0.15, 0.2) is 70.0 Å². The number of carbonyl (C=O) groups is 1. The Bertz CT molecular complexity index is 1530. The van der Waals surface area contributed by atoms with Gasteiger partial charge in [0.05, 0.1) is 24.3 Å². The fourth-order valence-electron chi connectivity index (χ4n) is 3.96. The molecule has 4 aromatic rings. The minimum atomic E-state index is -4.09. The molecule has 0 atom stereocenters. The molecule has 0 radical (unpaired) electrons. The molecule has 2 aromatic carbocycles. The molecule has 0 unspecified atom stereocenters. The van der Waals surface area contributed by atoms with E-state index in [0.717, 1.165) is 12.1 Å². The Kier molecular flexibility index (Phi) is 6.10. The summed E-state index contributed by atoms with van der Waals surface area (Å²) in [7, 11) is -4.09. The molecule has 1 saturated heterocycles. The van der Waals surface area contributed by atoms with Crippen LogP contribution >= 0.6 is 0 Å². The predicted octanol–water partition coefficient (Wildman–Crippen LogP) is 4.22. The maximum absolute atomic E-state index is 14.6. The zero-order chi connectivity index (χ0) is 24.6. The van der Waals surface area contributed by atoms with Crippen LogP contribution in [0.5, 0.6) is 0 Å². The van der Waals surface area contributed by atoms with Gasteiger partial charge in [-0.05, 0) is 49.4 Å². The number of sulfonamides is 1. The van der Waals surface area contributed by atoms with Gasteiger partial charge in [0.2, 0.25) is 10.0 Å². The number of aromatic nitrogens is 1. The topological polar surface area (TPSA) is 102 Å². The van der Waals surface area contributed by atoms with E-state index >= 15 is 0 Å². The summed E-state index contributed by atoms with van der Waals surface area (Å²) >= 11 is 0. The van der Waals surface area contributed by atoms with Gasteiger partial charge in [-0.15, -0.1) is 0 Å². The van der Waals surface area contributed by atoms with Crippen LogP contribution in [0.3, 0.4) is 0 Å². The summed E-state index contributed by atoms with van der Waals surface area (Å²) in [5, 5.41) is 3.32. The second-order valence-electron chi connectivity index (χ2n) is 8.10. The van der Waals surface area contributed by atoms with Gasteiger partial charge in [-0.3, -0.25) is 4.79 Å². The van der Waals surface area contributed by atoms with Crippen molar-refractivity contribution in [2.75, 3.05) is 31.6 Å². The van der Waals surface area contributed by atoms with Crippen LogP contribution in [-0.2, 0) is 14.8 Å². The van der Waals surface area contributed by atoms with Crippen molar-refractivity contribution in [3.63, 3.8) is 0 Å². The number of nitrogens with one attached hydrogen (secondary N) is 1. The smallest absolute Gasteiger partial charge is 0.256 e. The summed E-state index contributed by atoms with van der Waals surface area (Å²) in [5.41, 5.74) is 1.55. The van der Waals surface area contributed by atoms with Crippen LogP contribution in [-0.4, -0.2) is 49.9 Å². The summed E-state index contributed by atoms with van der Waals surface area (Å²) in [6.07, 6.45) is 0. The number of rotatable bonds is 5. The molecule has 1 amide bonds. The SMILES string of the molecule is Cc1ccc(-c2cc(C(=O)Nc3ccc(F)c(S(=O)(=O)N4CCOCC4)c3)c3ccccc3n2)o1. The molecule has 2 aromatic heterocycles. The quantitative estimate of drug-likeness (QED) is 0.445. The lowest BCUT2D eigenvalue weighted by Gasteiger charge is -2.26. The van der Waals surface area contributed by atoms with E-state index in [9.17, 15) is 17.6 Å². The molecule has 1 aliphatic heterocycles. The molecular weight excluding hydrogens is 473 g/mol. The Morgan fingerprint density at radius 1 is 1.06 bits per heavy atom. The number of aryl methyl sites for hydroxylation is 1. The van der Waals surface area contributed by atoms with E-state index in [1.807, 2.05) is 13.0 Å². The third-order valence-corrected chi connectivity index (χ3v) is 7.64. The highest BCUT2D eigenvalue weighted by atomic mass is 32.2. The monoisotopic (exact) mass is 495 g/mol. The molecule has 8 nitrogen and oxygen atoms in total. The Morgan fingerprint density at radius 2 is 1.83 bits per heavy atom. The van der Waals surface area contributed by atoms with Gasteiger partial charge in [0.25, 0.3) is 5.91 Å². The highest BCUT2D eigenvalue weighted by Crippen LogP contribution is 2.28. The number of furan rings is 1.